The molecule has 108 valence electrons. The van der Waals surface area contributed by atoms with Crippen molar-refractivity contribution in [2.45, 2.75) is 18.8 Å². The van der Waals surface area contributed by atoms with Gasteiger partial charge in [0.15, 0.2) is 0 Å². The van der Waals surface area contributed by atoms with Crippen molar-refractivity contribution >= 4 is 17.3 Å². The molecule has 1 aromatic rings. The third-order valence-corrected chi connectivity index (χ3v) is 3.15. The summed E-state index contributed by atoms with van der Waals surface area (Å²) >= 11 is 0. The maximum absolute atomic E-state index is 13.4. The largest absolute Gasteiger partial charge is 0.478 e. The second kappa shape index (κ2) is 5.03. The molecule has 1 aromatic carbocycles. The summed E-state index contributed by atoms with van der Waals surface area (Å²) in [6.07, 6.45) is -0.0185. The maximum Gasteiger partial charge on any atom is 0.335 e. The first-order valence-corrected chi connectivity index (χ1v) is 5.95. The van der Waals surface area contributed by atoms with Crippen LogP contribution < -0.4 is 4.90 Å². The van der Waals surface area contributed by atoms with E-state index in [-0.39, 0.29) is 30.6 Å². The zero-order valence-corrected chi connectivity index (χ0v) is 10.4. The molecule has 8 heteroatoms. The summed E-state index contributed by atoms with van der Waals surface area (Å²) in [6.45, 7) is -0.316. The van der Waals surface area contributed by atoms with Crippen LogP contribution in [0.1, 0.15) is 23.2 Å². The maximum atomic E-state index is 13.4. The summed E-state index contributed by atoms with van der Waals surface area (Å²) in [6, 6.07) is 3.28. The quantitative estimate of drug-likeness (QED) is 0.681. The Balaban J connectivity index is 2.40. The van der Waals surface area contributed by atoms with Crippen molar-refractivity contribution in [1.29, 1.82) is 0 Å². The predicted molar refractivity (Wildman–Crippen MR) is 66.4 cm³/mol. The molecule has 20 heavy (non-hydrogen) atoms. The van der Waals surface area contributed by atoms with E-state index in [4.69, 9.17) is 5.11 Å². The number of halogens is 2. The van der Waals surface area contributed by atoms with E-state index in [1.165, 1.54) is 17.0 Å². The van der Waals surface area contributed by atoms with E-state index >= 15 is 0 Å². The molecular formula is C12H12F2N2O4. The standard InChI is InChI=1S/C12H12F2N2O4/c13-12(14)4-1-5-15(7-12)9-3-2-8(11(17)18)6-10(9)16(19)20/h2-3,6H,1,4-5,7H2,(H,17,18). The Hall–Kier alpha value is -2.25. The van der Waals surface area contributed by atoms with Crippen LogP contribution >= 0.6 is 0 Å². The van der Waals surface area contributed by atoms with E-state index in [1.54, 1.807) is 0 Å². The minimum absolute atomic E-state index is 0.0272. The van der Waals surface area contributed by atoms with Crippen LogP contribution in [0.5, 0.6) is 0 Å². The molecule has 0 radical (unpaired) electrons. The molecule has 1 saturated heterocycles. The molecule has 1 fully saturated rings. The molecule has 0 spiro atoms. The number of carboxylic acids is 1. The molecule has 2 rings (SSSR count). The normalized spacial score (nSPS) is 17.8. The van der Waals surface area contributed by atoms with Crippen molar-refractivity contribution < 1.29 is 23.6 Å². The molecule has 0 aliphatic carbocycles. The van der Waals surface area contributed by atoms with Crippen LogP contribution in [0.3, 0.4) is 0 Å². The summed E-state index contributed by atoms with van der Waals surface area (Å²) in [5.41, 5.74) is -0.689. The van der Waals surface area contributed by atoms with Crippen molar-refractivity contribution in [3.8, 4) is 0 Å². The fraction of sp³-hybridized carbons (Fsp3) is 0.417. The lowest BCUT2D eigenvalue weighted by Gasteiger charge is -2.33. The number of carbonyl (C=O) groups is 1. The molecule has 0 saturated carbocycles. The number of nitro benzene ring substituents is 1. The van der Waals surface area contributed by atoms with Gasteiger partial charge in [-0.25, -0.2) is 13.6 Å². The number of carboxylic acid groups (broad SMARTS) is 1. The lowest BCUT2D eigenvalue weighted by Crippen LogP contribution is -2.42. The molecule has 0 unspecified atom stereocenters. The number of alkyl halides is 2. The summed E-state index contributed by atoms with van der Waals surface area (Å²) in [4.78, 5) is 22.3. The number of hydrogen-bond donors (Lipinski definition) is 1. The molecule has 0 atom stereocenters. The molecule has 6 nitrogen and oxygen atoms in total. The molecule has 1 N–H and O–H groups in total. The van der Waals surface area contributed by atoms with Gasteiger partial charge in [-0.15, -0.1) is 0 Å². The number of hydrogen-bond acceptors (Lipinski definition) is 4. The highest BCUT2D eigenvalue weighted by Crippen LogP contribution is 2.35. The van der Waals surface area contributed by atoms with Gasteiger partial charge >= 0.3 is 5.97 Å². The molecule has 1 aliphatic rings. The SMILES string of the molecule is O=C(O)c1ccc(N2CCCC(F)(F)C2)c([N+](=O)[O-])c1. The van der Waals surface area contributed by atoms with Crippen LogP contribution in [0.15, 0.2) is 18.2 Å². The monoisotopic (exact) mass is 286 g/mol. The molecule has 0 aromatic heterocycles. The number of anilines is 1. The van der Waals surface area contributed by atoms with Gasteiger partial charge in [-0.05, 0) is 18.6 Å². The van der Waals surface area contributed by atoms with E-state index in [0.29, 0.717) is 0 Å². The first-order chi connectivity index (χ1) is 9.30. The van der Waals surface area contributed by atoms with Crippen molar-refractivity contribution in [3.63, 3.8) is 0 Å². The van der Waals surface area contributed by atoms with Gasteiger partial charge in [0.25, 0.3) is 11.6 Å². The van der Waals surface area contributed by atoms with Crippen LogP contribution in [0.4, 0.5) is 20.2 Å². The van der Waals surface area contributed by atoms with E-state index in [9.17, 15) is 23.7 Å². The van der Waals surface area contributed by atoms with Crippen molar-refractivity contribution in [2.24, 2.45) is 0 Å². The van der Waals surface area contributed by atoms with E-state index in [2.05, 4.69) is 0 Å². The highest BCUT2D eigenvalue weighted by Gasteiger charge is 2.37. The molecule has 1 aliphatic heterocycles. The Bertz CT molecular complexity index is 562. The number of aromatic carboxylic acids is 1. The minimum Gasteiger partial charge on any atom is -0.478 e. The third kappa shape index (κ3) is 2.84. The van der Waals surface area contributed by atoms with Crippen LogP contribution in [0.25, 0.3) is 0 Å². The topological polar surface area (TPSA) is 83.7 Å². The lowest BCUT2D eigenvalue weighted by molar-refractivity contribution is -0.384. The summed E-state index contributed by atoms with van der Waals surface area (Å²) in [7, 11) is 0. The number of benzene rings is 1. The fourth-order valence-electron chi connectivity index (χ4n) is 2.24. The van der Waals surface area contributed by atoms with Gasteiger partial charge in [0.05, 0.1) is 17.0 Å². The minimum atomic E-state index is -2.89. The Labute approximate surface area is 112 Å². The number of piperidine rings is 1. The summed E-state index contributed by atoms with van der Waals surface area (Å²) < 4.78 is 26.7. The highest BCUT2D eigenvalue weighted by molar-refractivity contribution is 5.89. The molecule has 0 bridgehead atoms. The Morgan fingerprint density at radius 3 is 2.70 bits per heavy atom. The number of nitrogens with zero attached hydrogens (tertiary/aromatic N) is 2. The van der Waals surface area contributed by atoms with Crippen LogP contribution in [0, 0.1) is 10.1 Å². The first-order valence-electron chi connectivity index (χ1n) is 5.95. The van der Waals surface area contributed by atoms with Crippen LogP contribution in [0.2, 0.25) is 0 Å². The van der Waals surface area contributed by atoms with Gasteiger partial charge in [0, 0.05) is 19.0 Å². The smallest absolute Gasteiger partial charge is 0.335 e. The number of rotatable bonds is 3. The predicted octanol–water partition coefficient (Wildman–Crippen LogP) is 2.53. The second-order valence-electron chi connectivity index (χ2n) is 4.65. The highest BCUT2D eigenvalue weighted by atomic mass is 19.3. The van der Waals surface area contributed by atoms with Crippen molar-refractivity contribution in [2.75, 3.05) is 18.0 Å². The second-order valence-corrected chi connectivity index (χ2v) is 4.65. The van der Waals surface area contributed by atoms with Crippen molar-refractivity contribution in [3.05, 3.63) is 33.9 Å². The Morgan fingerprint density at radius 2 is 2.15 bits per heavy atom. The van der Waals surface area contributed by atoms with Gasteiger partial charge in [0.1, 0.15) is 5.69 Å². The van der Waals surface area contributed by atoms with E-state index in [1.807, 2.05) is 0 Å². The summed E-state index contributed by atoms with van der Waals surface area (Å²) in [5.74, 6) is -4.19. The molecule has 0 amide bonds. The van der Waals surface area contributed by atoms with E-state index in [0.717, 1.165) is 6.07 Å². The fourth-order valence-corrected chi connectivity index (χ4v) is 2.24. The molecular weight excluding hydrogens is 274 g/mol. The zero-order chi connectivity index (χ0) is 14.9. The Kier molecular flexibility index (Phi) is 3.56. The lowest BCUT2D eigenvalue weighted by atomic mass is 10.1. The van der Waals surface area contributed by atoms with Crippen molar-refractivity contribution in [1.82, 2.24) is 0 Å². The summed E-state index contributed by atoms with van der Waals surface area (Å²) in [5, 5.41) is 19.8. The average molecular weight is 286 g/mol. The van der Waals surface area contributed by atoms with Crippen LogP contribution in [-0.2, 0) is 0 Å². The average Bonchev–Trinajstić information content (AvgIpc) is 2.36. The van der Waals surface area contributed by atoms with Gasteiger partial charge in [-0.1, -0.05) is 0 Å². The van der Waals surface area contributed by atoms with E-state index < -0.39 is 29.0 Å². The van der Waals surface area contributed by atoms with Gasteiger partial charge < -0.3 is 10.0 Å². The van der Waals surface area contributed by atoms with Gasteiger partial charge in [0.2, 0.25) is 0 Å². The zero-order valence-electron chi connectivity index (χ0n) is 10.4. The first kappa shape index (κ1) is 14.2. The Morgan fingerprint density at radius 1 is 1.45 bits per heavy atom. The molecule has 1 heterocycles. The van der Waals surface area contributed by atoms with Gasteiger partial charge in [-0.3, -0.25) is 10.1 Å². The van der Waals surface area contributed by atoms with Crippen LogP contribution in [-0.4, -0.2) is 35.0 Å². The van der Waals surface area contributed by atoms with Gasteiger partial charge in [-0.2, -0.15) is 0 Å². The number of nitro groups is 1. The third-order valence-electron chi connectivity index (χ3n) is 3.15.